The SMILES string of the molecule is COc1ccc(CNc2ccnc3c(-c4cc(OC)c(OC)c(OC)c4)cnn23)cc1. The summed E-state index contributed by atoms with van der Waals surface area (Å²) in [6.07, 6.45) is 3.54. The minimum atomic E-state index is 0.542. The fraction of sp³-hybridized carbons (Fsp3) is 0.217. The van der Waals surface area contributed by atoms with Gasteiger partial charge in [0, 0.05) is 18.3 Å². The average molecular weight is 420 g/mol. The van der Waals surface area contributed by atoms with E-state index in [9.17, 15) is 0 Å². The highest BCUT2D eigenvalue weighted by Crippen LogP contribution is 2.41. The Morgan fingerprint density at radius 1 is 0.871 bits per heavy atom. The smallest absolute Gasteiger partial charge is 0.203 e. The standard InChI is InChI=1S/C23H24N4O4/c1-28-17-7-5-15(6-8-17)13-25-21-9-10-24-23-18(14-26-27(21)23)16-11-19(29-2)22(31-4)20(12-16)30-3/h5-12,14,25H,13H2,1-4H3. The van der Waals surface area contributed by atoms with E-state index >= 15 is 0 Å². The number of rotatable bonds is 8. The molecule has 0 aliphatic carbocycles. The third kappa shape index (κ3) is 3.92. The van der Waals surface area contributed by atoms with Gasteiger partial charge in [0.2, 0.25) is 5.75 Å². The first-order valence-electron chi connectivity index (χ1n) is 9.68. The van der Waals surface area contributed by atoms with Gasteiger partial charge in [-0.2, -0.15) is 9.61 Å². The molecule has 0 aliphatic heterocycles. The number of hydrogen-bond donors (Lipinski definition) is 1. The molecule has 0 amide bonds. The summed E-state index contributed by atoms with van der Waals surface area (Å²) in [5.41, 5.74) is 3.56. The van der Waals surface area contributed by atoms with Crippen molar-refractivity contribution in [3.8, 4) is 34.1 Å². The number of hydrogen-bond acceptors (Lipinski definition) is 7. The fourth-order valence-electron chi connectivity index (χ4n) is 3.40. The number of aromatic nitrogens is 3. The molecule has 0 radical (unpaired) electrons. The minimum absolute atomic E-state index is 0.542. The Kier molecular flexibility index (Phi) is 5.79. The van der Waals surface area contributed by atoms with Crippen molar-refractivity contribution in [1.29, 1.82) is 0 Å². The molecule has 2 aromatic heterocycles. The van der Waals surface area contributed by atoms with Gasteiger partial charge in [0.25, 0.3) is 0 Å². The summed E-state index contributed by atoms with van der Waals surface area (Å²) >= 11 is 0. The molecule has 160 valence electrons. The molecule has 2 aromatic carbocycles. The summed E-state index contributed by atoms with van der Waals surface area (Å²) in [7, 11) is 6.43. The number of anilines is 1. The van der Waals surface area contributed by atoms with E-state index in [2.05, 4.69) is 15.4 Å². The summed E-state index contributed by atoms with van der Waals surface area (Å²) in [5.74, 6) is 3.35. The van der Waals surface area contributed by atoms with Crippen LogP contribution in [0.1, 0.15) is 5.56 Å². The minimum Gasteiger partial charge on any atom is -0.497 e. The van der Waals surface area contributed by atoms with Gasteiger partial charge < -0.3 is 24.3 Å². The highest BCUT2D eigenvalue weighted by Gasteiger charge is 2.17. The highest BCUT2D eigenvalue weighted by atomic mass is 16.5. The maximum Gasteiger partial charge on any atom is 0.203 e. The van der Waals surface area contributed by atoms with Crippen LogP contribution in [-0.4, -0.2) is 43.0 Å². The van der Waals surface area contributed by atoms with Crippen molar-refractivity contribution < 1.29 is 18.9 Å². The molecule has 0 saturated carbocycles. The summed E-state index contributed by atoms with van der Waals surface area (Å²) < 4.78 is 23.4. The van der Waals surface area contributed by atoms with Crippen molar-refractivity contribution >= 4 is 11.5 Å². The van der Waals surface area contributed by atoms with E-state index < -0.39 is 0 Å². The van der Waals surface area contributed by atoms with Gasteiger partial charge in [-0.3, -0.25) is 0 Å². The number of nitrogens with one attached hydrogen (secondary N) is 1. The quantitative estimate of drug-likeness (QED) is 0.461. The van der Waals surface area contributed by atoms with Crippen LogP contribution >= 0.6 is 0 Å². The molecule has 1 N–H and O–H groups in total. The van der Waals surface area contributed by atoms with E-state index in [1.165, 1.54) is 0 Å². The van der Waals surface area contributed by atoms with E-state index in [4.69, 9.17) is 18.9 Å². The van der Waals surface area contributed by atoms with E-state index in [0.29, 0.717) is 29.4 Å². The second-order valence-corrected chi connectivity index (χ2v) is 6.74. The van der Waals surface area contributed by atoms with Gasteiger partial charge in [-0.05, 0) is 41.5 Å². The van der Waals surface area contributed by atoms with Gasteiger partial charge in [0.1, 0.15) is 11.6 Å². The molecule has 0 unspecified atom stereocenters. The van der Waals surface area contributed by atoms with Crippen molar-refractivity contribution in [1.82, 2.24) is 14.6 Å². The molecule has 4 aromatic rings. The molecule has 8 nitrogen and oxygen atoms in total. The molecule has 4 rings (SSSR count). The lowest BCUT2D eigenvalue weighted by atomic mass is 10.1. The predicted molar refractivity (Wildman–Crippen MR) is 118 cm³/mol. The lowest BCUT2D eigenvalue weighted by molar-refractivity contribution is 0.324. The Balaban J connectivity index is 1.67. The monoisotopic (exact) mass is 420 g/mol. The summed E-state index contributed by atoms with van der Waals surface area (Å²) in [4.78, 5) is 4.54. The third-order valence-corrected chi connectivity index (χ3v) is 5.01. The van der Waals surface area contributed by atoms with E-state index in [1.54, 1.807) is 45.3 Å². The number of benzene rings is 2. The van der Waals surface area contributed by atoms with Gasteiger partial charge in [-0.25, -0.2) is 4.98 Å². The maximum absolute atomic E-state index is 5.48. The number of fused-ring (bicyclic) bond motifs is 1. The van der Waals surface area contributed by atoms with Crippen LogP contribution in [0.2, 0.25) is 0 Å². The zero-order chi connectivity index (χ0) is 21.8. The second-order valence-electron chi connectivity index (χ2n) is 6.74. The molecule has 0 fully saturated rings. The molecular weight excluding hydrogens is 396 g/mol. The zero-order valence-corrected chi connectivity index (χ0v) is 17.9. The van der Waals surface area contributed by atoms with Gasteiger partial charge in [-0.15, -0.1) is 0 Å². The fourth-order valence-corrected chi connectivity index (χ4v) is 3.40. The van der Waals surface area contributed by atoms with Crippen LogP contribution < -0.4 is 24.3 Å². The Labute approximate surface area is 180 Å². The largest absolute Gasteiger partial charge is 0.497 e. The number of ether oxygens (including phenoxy) is 4. The Morgan fingerprint density at radius 3 is 2.19 bits per heavy atom. The van der Waals surface area contributed by atoms with Crippen LogP contribution in [0.15, 0.2) is 54.9 Å². The van der Waals surface area contributed by atoms with Gasteiger partial charge >= 0.3 is 0 Å². The first kappa shape index (κ1) is 20.3. The molecule has 31 heavy (non-hydrogen) atoms. The molecular formula is C23H24N4O4. The van der Waals surface area contributed by atoms with Crippen LogP contribution in [-0.2, 0) is 6.54 Å². The average Bonchev–Trinajstić information content (AvgIpc) is 3.26. The maximum atomic E-state index is 5.48. The molecule has 0 aliphatic rings. The molecule has 0 atom stereocenters. The van der Waals surface area contributed by atoms with Crippen LogP contribution in [0.3, 0.4) is 0 Å². The van der Waals surface area contributed by atoms with E-state index in [-0.39, 0.29) is 0 Å². The number of nitrogens with zero attached hydrogens (tertiary/aromatic N) is 3. The Bertz CT molecular complexity index is 1160. The topological polar surface area (TPSA) is 79.1 Å². The first-order valence-corrected chi connectivity index (χ1v) is 9.68. The second kappa shape index (κ2) is 8.83. The third-order valence-electron chi connectivity index (χ3n) is 5.01. The normalized spacial score (nSPS) is 10.7. The van der Waals surface area contributed by atoms with Gasteiger partial charge in [0.15, 0.2) is 17.1 Å². The predicted octanol–water partition coefficient (Wildman–Crippen LogP) is 4.04. The van der Waals surface area contributed by atoms with Crippen molar-refractivity contribution in [3.05, 3.63) is 60.4 Å². The summed E-state index contributed by atoms with van der Waals surface area (Å²) in [6, 6.07) is 13.6. The van der Waals surface area contributed by atoms with Crippen LogP contribution in [0.5, 0.6) is 23.0 Å². The van der Waals surface area contributed by atoms with Crippen LogP contribution in [0.4, 0.5) is 5.82 Å². The van der Waals surface area contributed by atoms with Crippen molar-refractivity contribution in [2.24, 2.45) is 0 Å². The Hall–Kier alpha value is -3.94. The highest BCUT2D eigenvalue weighted by molar-refractivity contribution is 5.81. The number of methoxy groups -OCH3 is 4. The van der Waals surface area contributed by atoms with E-state index in [1.807, 2.05) is 42.5 Å². The van der Waals surface area contributed by atoms with Crippen LogP contribution in [0, 0.1) is 0 Å². The molecule has 8 heteroatoms. The summed E-state index contributed by atoms with van der Waals surface area (Å²) in [5, 5.41) is 7.97. The molecule has 2 heterocycles. The van der Waals surface area contributed by atoms with E-state index in [0.717, 1.165) is 28.3 Å². The first-order chi connectivity index (χ1) is 15.2. The zero-order valence-electron chi connectivity index (χ0n) is 17.9. The van der Waals surface area contributed by atoms with Crippen LogP contribution in [0.25, 0.3) is 16.8 Å². The van der Waals surface area contributed by atoms with Gasteiger partial charge in [-0.1, -0.05) is 12.1 Å². The van der Waals surface area contributed by atoms with Crippen molar-refractivity contribution in [2.45, 2.75) is 6.54 Å². The lowest BCUT2D eigenvalue weighted by Gasteiger charge is -2.13. The summed E-state index contributed by atoms with van der Waals surface area (Å²) in [6.45, 7) is 0.641. The molecule has 0 saturated heterocycles. The Morgan fingerprint density at radius 2 is 1.58 bits per heavy atom. The molecule has 0 spiro atoms. The van der Waals surface area contributed by atoms with Crippen molar-refractivity contribution in [3.63, 3.8) is 0 Å². The lowest BCUT2D eigenvalue weighted by Crippen LogP contribution is -2.05. The molecule has 0 bridgehead atoms. The van der Waals surface area contributed by atoms with Gasteiger partial charge in [0.05, 0.1) is 34.6 Å². The van der Waals surface area contributed by atoms with Crippen molar-refractivity contribution in [2.75, 3.05) is 33.8 Å².